The Labute approximate surface area is 95.7 Å². The van der Waals surface area contributed by atoms with Gasteiger partial charge in [0.2, 0.25) is 0 Å². The molecule has 0 amide bonds. The maximum Gasteiger partial charge on any atom is 0.163 e. The summed E-state index contributed by atoms with van der Waals surface area (Å²) >= 11 is 0. The van der Waals surface area contributed by atoms with Crippen molar-refractivity contribution in [3.05, 3.63) is 35.7 Å². The summed E-state index contributed by atoms with van der Waals surface area (Å²) in [7, 11) is 3.04. The van der Waals surface area contributed by atoms with Crippen LogP contribution in [-0.2, 0) is 6.42 Å². The maximum absolute atomic E-state index is 13.6. The largest absolute Gasteiger partial charge is 0.493 e. The molecule has 0 aliphatic rings. The zero-order valence-electron chi connectivity index (χ0n) is 9.92. The number of halogens is 1. The second kappa shape index (κ2) is 6.16. The van der Waals surface area contributed by atoms with Crippen molar-refractivity contribution in [3.8, 4) is 11.5 Å². The van der Waals surface area contributed by atoms with E-state index in [0.29, 0.717) is 23.5 Å². The average Bonchev–Trinajstić information content (AvgIpc) is 2.31. The van der Waals surface area contributed by atoms with Crippen molar-refractivity contribution in [2.45, 2.75) is 19.8 Å². The standard InChI is InChI=1S/C13H17FO2/c1-4-5-6-7-10-8-12(15-2)13(16-3)9-11(10)14/h4-5,8-9H,6-7H2,1-3H3/b5-4-. The zero-order chi connectivity index (χ0) is 12.0. The van der Waals surface area contributed by atoms with Gasteiger partial charge in [0.15, 0.2) is 11.5 Å². The first kappa shape index (κ1) is 12.6. The molecule has 0 spiro atoms. The van der Waals surface area contributed by atoms with Crippen LogP contribution in [0.5, 0.6) is 11.5 Å². The van der Waals surface area contributed by atoms with Gasteiger partial charge in [0.05, 0.1) is 14.2 Å². The highest BCUT2D eigenvalue weighted by atomic mass is 19.1. The van der Waals surface area contributed by atoms with E-state index in [2.05, 4.69) is 0 Å². The molecule has 0 bridgehead atoms. The van der Waals surface area contributed by atoms with Crippen LogP contribution in [0.4, 0.5) is 4.39 Å². The molecule has 2 nitrogen and oxygen atoms in total. The minimum Gasteiger partial charge on any atom is -0.493 e. The number of hydrogen-bond donors (Lipinski definition) is 0. The Bertz CT molecular complexity index is 372. The van der Waals surface area contributed by atoms with Crippen molar-refractivity contribution < 1.29 is 13.9 Å². The molecule has 0 aliphatic heterocycles. The third kappa shape index (κ3) is 2.99. The highest BCUT2D eigenvalue weighted by Gasteiger charge is 2.10. The molecule has 88 valence electrons. The third-order valence-corrected chi connectivity index (χ3v) is 2.37. The molecule has 16 heavy (non-hydrogen) atoms. The van der Waals surface area contributed by atoms with Crippen LogP contribution >= 0.6 is 0 Å². The number of aryl methyl sites for hydroxylation is 1. The predicted octanol–water partition coefficient (Wildman–Crippen LogP) is 3.35. The lowest BCUT2D eigenvalue weighted by atomic mass is 10.1. The fourth-order valence-electron chi connectivity index (χ4n) is 1.49. The molecule has 0 radical (unpaired) electrons. The van der Waals surface area contributed by atoms with Crippen LogP contribution in [-0.4, -0.2) is 14.2 Å². The van der Waals surface area contributed by atoms with Gasteiger partial charge in [-0.25, -0.2) is 4.39 Å². The van der Waals surface area contributed by atoms with Crippen LogP contribution in [0.1, 0.15) is 18.9 Å². The topological polar surface area (TPSA) is 18.5 Å². The van der Waals surface area contributed by atoms with E-state index >= 15 is 0 Å². The molecule has 3 heteroatoms. The molecular formula is C13H17FO2. The van der Waals surface area contributed by atoms with Crippen molar-refractivity contribution in [3.63, 3.8) is 0 Å². The van der Waals surface area contributed by atoms with E-state index in [1.807, 2.05) is 19.1 Å². The molecule has 1 rings (SSSR count). The van der Waals surface area contributed by atoms with Crippen LogP contribution in [0.15, 0.2) is 24.3 Å². The second-order valence-corrected chi connectivity index (χ2v) is 3.41. The molecule has 0 heterocycles. The lowest BCUT2D eigenvalue weighted by Gasteiger charge is -2.10. The Morgan fingerprint density at radius 3 is 2.38 bits per heavy atom. The number of hydrogen-bond acceptors (Lipinski definition) is 2. The summed E-state index contributed by atoms with van der Waals surface area (Å²) in [6.45, 7) is 1.95. The van der Waals surface area contributed by atoms with Gasteiger partial charge in [0, 0.05) is 6.07 Å². The van der Waals surface area contributed by atoms with E-state index in [-0.39, 0.29) is 5.82 Å². The van der Waals surface area contributed by atoms with Gasteiger partial charge in [0.1, 0.15) is 5.82 Å². The monoisotopic (exact) mass is 224 g/mol. The normalized spacial score (nSPS) is 10.8. The summed E-state index contributed by atoms with van der Waals surface area (Å²) in [5.41, 5.74) is 0.649. The first-order valence-electron chi connectivity index (χ1n) is 5.24. The van der Waals surface area contributed by atoms with E-state index < -0.39 is 0 Å². The van der Waals surface area contributed by atoms with Gasteiger partial charge in [0.25, 0.3) is 0 Å². The first-order chi connectivity index (χ1) is 7.72. The van der Waals surface area contributed by atoms with Gasteiger partial charge in [-0.05, 0) is 31.4 Å². The Morgan fingerprint density at radius 1 is 1.19 bits per heavy atom. The van der Waals surface area contributed by atoms with Crippen molar-refractivity contribution in [1.29, 1.82) is 0 Å². The first-order valence-corrected chi connectivity index (χ1v) is 5.24. The molecule has 0 saturated heterocycles. The van der Waals surface area contributed by atoms with Gasteiger partial charge < -0.3 is 9.47 Å². The van der Waals surface area contributed by atoms with E-state index in [1.54, 1.807) is 13.2 Å². The van der Waals surface area contributed by atoms with E-state index in [4.69, 9.17) is 9.47 Å². The molecule has 0 atom stereocenters. The molecule has 0 fully saturated rings. The van der Waals surface area contributed by atoms with Crippen LogP contribution < -0.4 is 9.47 Å². The van der Waals surface area contributed by atoms with E-state index in [9.17, 15) is 4.39 Å². The van der Waals surface area contributed by atoms with E-state index in [0.717, 1.165) is 6.42 Å². The summed E-state index contributed by atoms with van der Waals surface area (Å²) in [5, 5.41) is 0. The summed E-state index contributed by atoms with van der Waals surface area (Å²) in [5.74, 6) is 0.747. The molecule has 0 N–H and O–H groups in total. The lowest BCUT2D eigenvalue weighted by Crippen LogP contribution is -1.96. The smallest absolute Gasteiger partial charge is 0.163 e. The van der Waals surface area contributed by atoms with Crippen LogP contribution in [0, 0.1) is 5.82 Å². The molecule has 0 unspecified atom stereocenters. The summed E-state index contributed by atoms with van der Waals surface area (Å²) in [4.78, 5) is 0. The van der Waals surface area contributed by atoms with Crippen LogP contribution in [0.25, 0.3) is 0 Å². The zero-order valence-corrected chi connectivity index (χ0v) is 9.92. The molecule has 1 aromatic carbocycles. The molecule has 0 aliphatic carbocycles. The Kier molecular flexibility index (Phi) is 4.83. The number of benzene rings is 1. The lowest BCUT2D eigenvalue weighted by molar-refractivity contribution is 0.351. The SMILES string of the molecule is C/C=C\CCc1cc(OC)c(OC)cc1F. The summed E-state index contributed by atoms with van der Waals surface area (Å²) in [6.07, 6.45) is 5.45. The fraction of sp³-hybridized carbons (Fsp3) is 0.385. The number of methoxy groups -OCH3 is 2. The Morgan fingerprint density at radius 2 is 1.81 bits per heavy atom. The fourth-order valence-corrected chi connectivity index (χ4v) is 1.49. The number of rotatable bonds is 5. The van der Waals surface area contributed by atoms with Crippen molar-refractivity contribution in [2.24, 2.45) is 0 Å². The van der Waals surface area contributed by atoms with Crippen molar-refractivity contribution >= 4 is 0 Å². The highest BCUT2D eigenvalue weighted by molar-refractivity contribution is 5.43. The minimum absolute atomic E-state index is 0.248. The van der Waals surface area contributed by atoms with Gasteiger partial charge in [-0.3, -0.25) is 0 Å². The van der Waals surface area contributed by atoms with Crippen LogP contribution in [0.3, 0.4) is 0 Å². The van der Waals surface area contributed by atoms with Crippen molar-refractivity contribution in [2.75, 3.05) is 14.2 Å². The Hall–Kier alpha value is -1.51. The molecule has 0 saturated carbocycles. The predicted molar refractivity (Wildman–Crippen MR) is 62.6 cm³/mol. The van der Waals surface area contributed by atoms with Crippen molar-refractivity contribution in [1.82, 2.24) is 0 Å². The van der Waals surface area contributed by atoms with Gasteiger partial charge in [-0.15, -0.1) is 0 Å². The molecule has 1 aromatic rings. The maximum atomic E-state index is 13.6. The number of allylic oxidation sites excluding steroid dienone is 2. The van der Waals surface area contributed by atoms with Gasteiger partial charge >= 0.3 is 0 Å². The highest BCUT2D eigenvalue weighted by Crippen LogP contribution is 2.30. The van der Waals surface area contributed by atoms with Crippen LogP contribution in [0.2, 0.25) is 0 Å². The Balaban J connectivity index is 2.92. The third-order valence-electron chi connectivity index (χ3n) is 2.37. The van der Waals surface area contributed by atoms with Gasteiger partial charge in [-0.1, -0.05) is 12.2 Å². The molecule has 0 aromatic heterocycles. The van der Waals surface area contributed by atoms with Gasteiger partial charge in [-0.2, -0.15) is 0 Å². The average molecular weight is 224 g/mol. The second-order valence-electron chi connectivity index (χ2n) is 3.41. The number of ether oxygens (including phenoxy) is 2. The van der Waals surface area contributed by atoms with E-state index in [1.165, 1.54) is 13.2 Å². The summed E-state index contributed by atoms with van der Waals surface area (Å²) < 4.78 is 23.8. The minimum atomic E-state index is -0.248. The summed E-state index contributed by atoms with van der Waals surface area (Å²) in [6, 6.07) is 3.06. The molecular weight excluding hydrogens is 207 g/mol. The quantitative estimate of drug-likeness (QED) is 0.714.